The van der Waals surface area contributed by atoms with Crippen molar-refractivity contribution in [3.8, 4) is 0 Å². The van der Waals surface area contributed by atoms with E-state index in [1.807, 2.05) is 19.1 Å². The highest BCUT2D eigenvalue weighted by Crippen LogP contribution is 2.28. The van der Waals surface area contributed by atoms with E-state index in [0.29, 0.717) is 12.1 Å². The molecule has 0 radical (unpaired) electrons. The summed E-state index contributed by atoms with van der Waals surface area (Å²) in [6.07, 6.45) is 0. The fraction of sp³-hybridized carbons (Fsp3) is 0.364. The highest BCUT2D eigenvalue weighted by Gasteiger charge is 2.17. The second-order valence-electron chi connectivity index (χ2n) is 7.22. The molecule has 1 aromatic heterocycles. The number of imidazole rings is 1. The van der Waals surface area contributed by atoms with Gasteiger partial charge in [-0.25, -0.2) is 4.98 Å². The molecule has 0 atom stereocenters. The molecule has 5 heteroatoms. The first-order valence-corrected chi connectivity index (χ1v) is 9.35. The maximum Gasteiger partial charge on any atom is 0.253 e. The van der Waals surface area contributed by atoms with Crippen LogP contribution in [0.5, 0.6) is 0 Å². The Hall–Kier alpha value is -2.82. The Morgan fingerprint density at radius 2 is 1.81 bits per heavy atom. The number of amides is 1. The van der Waals surface area contributed by atoms with Crippen LogP contribution in [0.2, 0.25) is 0 Å². The fourth-order valence-electron chi connectivity index (χ4n) is 3.57. The average molecular weight is 364 g/mol. The lowest BCUT2D eigenvalue weighted by molar-refractivity contribution is 0.0828. The van der Waals surface area contributed by atoms with Crippen LogP contribution in [0, 0.1) is 20.8 Å². The van der Waals surface area contributed by atoms with Gasteiger partial charge in [0.15, 0.2) is 0 Å². The van der Waals surface area contributed by atoms with Crippen molar-refractivity contribution in [2.75, 3.05) is 19.4 Å². The van der Waals surface area contributed by atoms with Crippen LogP contribution in [0.25, 0.3) is 11.0 Å². The molecule has 0 aliphatic carbocycles. The molecule has 0 fully saturated rings. The molecular formula is C22H28N4O. The summed E-state index contributed by atoms with van der Waals surface area (Å²) < 4.78 is 2.14. The molecule has 0 saturated carbocycles. The summed E-state index contributed by atoms with van der Waals surface area (Å²) in [7, 11) is 3.55. The van der Waals surface area contributed by atoms with Gasteiger partial charge in [-0.05, 0) is 56.5 Å². The van der Waals surface area contributed by atoms with E-state index < -0.39 is 0 Å². The fourth-order valence-corrected chi connectivity index (χ4v) is 3.57. The lowest BCUT2D eigenvalue weighted by Gasteiger charge is -2.15. The first-order chi connectivity index (χ1) is 12.8. The molecule has 1 amide bonds. The van der Waals surface area contributed by atoms with Gasteiger partial charge in [0.2, 0.25) is 0 Å². The molecule has 0 spiro atoms. The van der Waals surface area contributed by atoms with Crippen LogP contribution in [0.15, 0.2) is 30.3 Å². The minimum atomic E-state index is -0.00599. The summed E-state index contributed by atoms with van der Waals surface area (Å²) in [6.45, 7) is 9.87. The monoisotopic (exact) mass is 364 g/mol. The van der Waals surface area contributed by atoms with E-state index in [1.54, 1.807) is 19.0 Å². The van der Waals surface area contributed by atoms with Crippen molar-refractivity contribution in [3.05, 3.63) is 58.4 Å². The predicted octanol–water partition coefficient (Wildman–Crippen LogP) is 4.30. The maximum absolute atomic E-state index is 12.6. The number of aromatic nitrogens is 2. The van der Waals surface area contributed by atoms with Crippen LogP contribution >= 0.6 is 0 Å². The number of nitrogens with one attached hydrogen (secondary N) is 1. The lowest BCUT2D eigenvalue weighted by Crippen LogP contribution is -2.22. The number of anilines is 1. The van der Waals surface area contributed by atoms with Crippen LogP contribution in [0.1, 0.15) is 39.8 Å². The topological polar surface area (TPSA) is 50.2 Å². The standard InChI is InChI=1S/C22H28N4O/c1-7-26-16(4)24-21-19(11-17(12-20(21)26)22(27)25(5)6)23-13-18-14(2)9-8-10-15(18)3/h8-12,23H,7,13H2,1-6H3. The number of carbonyl (C=O) groups excluding carboxylic acids is 1. The predicted molar refractivity (Wildman–Crippen MR) is 111 cm³/mol. The Bertz CT molecular complexity index is 981. The Labute approximate surface area is 161 Å². The number of benzene rings is 2. The minimum absolute atomic E-state index is 0.00599. The molecule has 1 heterocycles. The third-order valence-corrected chi connectivity index (χ3v) is 5.11. The Morgan fingerprint density at radius 1 is 1.15 bits per heavy atom. The van der Waals surface area contributed by atoms with E-state index in [4.69, 9.17) is 4.98 Å². The van der Waals surface area contributed by atoms with E-state index >= 15 is 0 Å². The SMILES string of the molecule is CCn1c(C)nc2c(NCc3c(C)cccc3C)cc(C(=O)N(C)C)cc21. The number of fused-ring (bicyclic) bond motifs is 1. The molecule has 5 nitrogen and oxygen atoms in total. The summed E-state index contributed by atoms with van der Waals surface area (Å²) in [4.78, 5) is 19.0. The summed E-state index contributed by atoms with van der Waals surface area (Å²) in [5.74, 6) is 0.950. The number of hydrogen-bond acceptors (Lipinski definition) is 3. The van der Waals surface area contributed by atoms with Crippen molar-refractivity contribution in [2.24, 2.45) is 0 Å². The van der Waals surface area contributed by atoms with Gasteiger partial charge in [-0.2, -0.15) is 0 Å². The van der Waals surface area contributed by atoms with Crippen LogP contribution in [-0.2, 0) is 13.1 Å². The Balaban J connectivity index is 2.09. The number of hydrogen-bond donors (Lipinski definition) is 1. The minimum Gasteiger partial charge on any atom is -0.379 e. The van der Waals surface area contributed by atoms with Crippen LogP contribution in [-0.4, -0.2) is 34.5 Å². The molecule has 0 bridgehead atoms. The van der Waals surface area contributed by atoms with Gasteiger partial charge in [-0.3, -0.25) is 4.79 Å². The van der Waals surface area contributed by atoms with Gasteiger partial charge in [0.1, 0.15) is 11.3 Å². The Kier molecular flexibility index (Phi) is 5.22. The third-order valence-electron chi connectivity index (χ3n) is 5.11. The summed E-state index contributed by atoms with van der Waals surface area (Å²) in [5, 5.41) is 3.54. The first-order valence-electron chi connectivity index (χ1n) is 9.35. The van der Waals surface area contributed by atoms with Crippen molar-refractivity contribution in [1.82, 2.24) is 14.5 Å². The number of rotatable bonds is 5. The van der Waals surface area contributed by atoms with Gasteiger partial charge >= 0.3 is 0 Å². The number of aryl methyl sites for hydroxylation is 4. The molecule has 2 aromatic carbocycles. The van der Waals surface area contributed by atoms with Gasteiger partial charge in [0, 0.05) is 32.7 Å². The van der Waals surface area contributed by atoms with Crippen molar-refractivity contribution in [2.45, 2.75) is 40.8 Å². The third kappa shape index (κ3) is 3.54. The number of nitrogens with zero attached hydrogens (tertiary/aromatic N) is 3. The molecule has 3 rings (SSSR count). The first kappa shape index (κ1) is 19.0. The molecule has 142 valence electrons. The molecule has 0 unspecified atom stereocenters. The van der Waals surface area contributed by atoms with Crippen LogP contribution in [0.4, 0.5) is 5.69 Å². The van der Waals surface area contributed by atoms with E-state index in [2.05, 4.69) is 48.9 Å². The van der Waals surface area contributed by atoms with Crippen molar-refractivity contribution in [3.63, 3.8) is 0 Å². The zero-order chi connectivity index (χ0) is 19.7. The quantitative estimate of drug-likeness (QED) is 0.734. The summed E-state index contributed by atoms with van der Waals surface area (Å²) in [6, 6.07) is 10.2. The molecular weight excluding hydrogens is 336 g/mol. The van der Waals surface area contributed by atoms with Gasteiger partial charge in [-0.15, -0.1) is 0 Å². The molecule has 0 aliphatic heterocycles. The lowest BCUT2D eigenvalue weighted by atomic mass is 10.0. The molecule has 0 saturated heterocycles. The molecule has 27 heavy (non-hydrogen) atoms. The number of carbonyl (C=O) groups is 1. The second-order valence-corrected chi connectivity index (χ2v) is 7.22. The van der Waals surface area contributed by atoms with E-state index in [9.17, 15) is 4.79 Å². The van der Waals surface area contributed by atoms with Gasteiger partial charge in [0.05, 0.1) is 11.2 Å². The summed E-state index contributed by atoms with van der Waals surface area (Å²) >= 11 is 0. The zero-order valence-corrected chi connectivity index (χ0v) is 17.1. The zero-order valence-electron chi connectivity index (χ0n) is 17.1. The smallest absolute Gasteiger partial charge is 0.253 e. The van der Waals surface area contributed by atoms with Crippen molar-refractivity contribution in [1.29, 1.82) is 0 Å². The average Bonchev–Trinajstić information content (AvgIpc) is 2.95. The van der Waals surface area contributed by atoms with Crippen LogP contribution < -0.4 is 5.32 Å². The van der Waals surface area contributed by atoms with Gasteiger partial charge < -0.3 is 14.8 Å². The highest BCUT2D eigenvalue weighted by atomic mass is 16.2. The van der Waals surface area contributed by atoms with E-state index in [1.165, 1.54) is 16.7 Å². The second kappa shape index (κ2) is 7.43. The molecule has 0 aliphatic rings. The van der Waals surface area contributed by atoms with Gasteiger partial charge in [0.25, 0.3) is 5.91 Å². The van der Waals surface area contributed by atoms with Gasteiger partial charge in [-0.1, -0.05) is 18.2 Å². The molecule has 1 N–H and O–H groups in total. The normalized spacial score (nSPS) is 11.0. The van der Waals surface area contributed by atoms with Crippen molar-refractivity contribution < 1.29 is 4.79 Å². The summed E-state index contributed by atoms with van der Waals surface area (Å²) in [5.41, 5.74) is 7.27. The maximum atomic E-state index is 12.6. The highest BCUT2D eigenvalue weighted by molar-refractivity contribution is 6.01. The molecule has 3 aromatic rings. The van der Waals surface area contributed by atoms with E-state index in [-0.39, 0.29) is 5.91 Å². The van der Waals surface area contributed by atoms with Crippen LogP contribution in [0.3, 0.4) is 0 Å². The Morgan fingerprint density at radius 3 is 2.41 bits per heavy atom. The largest absolute Gasteiger partial charge is 0.379 e. The van der Waals surface area contributed by atoms with E-state index in [0.717, 1.165) is 29.1 Å². The van der Waals surface area contributed by atoms with Crippen molar-refractivity contribution >= 4 is 22.6 Å².